The van der Waals surface area contributed by atoms with Crippen molar-refractivity contribution in [3.63, 3.8) is 0 Å². The van der Waals surface area contributed by atoms with Gasteiger partial charge in [-0.15, -0.1) is 0 Å². The van der Waals surface area contributed by atoms with Crippen LogP contribution in [-0.4, -0.2) is 48.9 Å². The number of hydrogen-bond donors (Lipinski definition) is 0. The molecule has 2 aromatic rings. The van der Waals surface area contributed by atoms with Crippen molar-refractivity contribution >= 4 is 15.9 Å². The van der Waals surface area contributed by atoms with Crippen molar-refractivity contribution in [3.05, 3.63) is 71.0 Å². The van der Waals surface area contributed by atoms with Crippen LogP contribution in [0.25, 0.3) is 0 Å². The van der Waals surface area contributed by atoms with Gasteiger partial charge in [0.15, 0.2) is 0 Å². The van der Waals surface area contributed by atoms with Gasteiger partial charge in [-0.25, -0.2) is 12.8 Å². The Labute approximate surface area is 158 Å². The van der Waals surface area contributed by atoms with Crippen LogP contribution in [0.5, 0.6) is 0 Å². The summed E-state index contributed by atoms with van der Waals surface area (Å²) in [6.45, 7) is 0.726. The van der Waals surface area contributed by atoms with Gasteiger partial charge < -0.3 is 4.90 Å². The highest BCUT2D eigenvalue weighted by atomic mass is 32.2. The molecule has 5 nitrogen and oxygen atoms in total. The van der Waals surface area contributed by atoms with Crippen LogP contribution in [0.15, 0.2) is 48.5 Å². The fraction of sp³-hybridized carbons (Fsp3) is 0.350. The molecule has 142 valence electrons. The van der Waals surface area contributed by atoms with Gasteiger partial charge in [0, 0.05) is 13.1 Å². The summed E-state index contributed by atoms with van der Waals surface area (Å²) in [6, 6.07) is 13.8. The molecule has 0 bridgehead atoms. The second kappa shape index (κ2) is 7.05. The minimum Gasteiger partial charge on any atom is -0.333 e. The van der Waals surface area contributed by atoms with Gasteiger partial charge in [0.2, 0.25) is 15.9 Å². The van der Waals surface area contributed by atoms with Crippen LogP contribution < -0.4 is 0 Å². The van der Waals surface area contributed by atoms with E-state index >= 15 is 0 Å². The smallest absolute Gasteiger partial charge is 0.238 e. The summed E-state index contributed by atoms with van der Waals surface area (Å²) in [5.74, 6) is -0.791. The quantitative estimate of drug-likeness (QED) is 0.806. The third-order valence-corrected chi connectivity index (χ3v) is 7.19. The minimum atomic E-state index is -3.67. The van der Waals surface area contributed by atoms with E-state index < -0.39 is 15.8 Å². The lowest BCUT2D eigenvalue weighted by Crippen LogP contribution is -2.56. The van der Waals surface area contributed by atoms with Crippen LogP contribution in [0, 0.1) is 5.82 Å². The molecule has 0 radical (unpaired) electrons. The summed E-state index contributed by atoms with van der Waals surface area (Å²) in [5.41, 5.74) is 2.55. The van der Waals surface area contributed by atoms with Crippen LogP contribution in [0.2, 0.25) is 0 Å². The zero-order chi connectivity index (χ0) is 19.0. The molecule has 1 unspecified atom stereocenters. The van der Waals surface area contributed by atoms with Gasteiger partial charge in [-0.1, -0.05) is 42.5 Å². The van der Waals surface area contributed by atoms with Crippen LogP contribution >= 0.6 is 0 Å². The maximum absolute atomic E-state index is 13.8. The SMILES string of the molecule is O=C1CN(S(=O)(=O)CCc2ccccc2F)CC2c3ccccc3CCN12. The molecule has 2 aliphatic heterocycles. The number of nitrogens with zero attached hydrogens (tertiary/aromatic N) is 2. The van der Waals surface area contributed by atoms with E-state index in [2.05, 4.69) is 0 Å². The van der Waals surface area contributed by atoms with E-state index in [1.165, 1.54) is 10.4 Å². The summed E-state index contributed by atoms with van der Waals surface area (Å²) in [6.07, 6.45) is 0.878. The summed E-state index contributed by atoms with van der Waals surface area (Å²) >= 11 is 0. The highest BCUT2D eigenvalue weighted by Gasteiger charge is 2.40. The third kappa shape index (κ3) is 3.49. The Morgan fingerprint density at radius 1 is 1.07 bits per heavy atom. The number of sulfonamides is 1. The number of carbonyl (C=O) groups is 1. The van der Waals surface area contributed by atoms with E-state index in [-0.39, 0.29) is 37.2 Å². The van der Waals surface area contributed by atoms with Gasteiger partial charge in [0.05, 0.1) is 18.3 Å². The van der Waals surface area contributed by atoms with Gasteiger partial charge in [0.25, 0.3) is 0 Å². The number of carbonyl (C=O) groups excluding carboxylic acids is 1. The van der Waals surface area contributed by atoms with Crippen molar-refractivity contribution < 1.29 is 17.6 Å². The zero-order valence-electron chi connectivity index (χ0n) is 14.8. The molecule has 27 heavy (non-hydrogen) atoms. The first-order chi connectivity index (χ1) is 13.0. The van der Waals surface area contributed by atoms with Gasteiger partial charge in [-0.3, -0.25) is 4.79 Å². The molecule has 0 saturated carbocycles. The summed E-state index contributed by atoms with van der Waals surface area (Å²) in [4.78, 5) is 14.4. The summed E-state index contributed by atoms with van der Waals surface area (Å²) < 4.78 is 40.7. The Morgan fingerprint density at radius 2 is 1.81 bits per heavy atom. The Morgan fingerprint density at radius 3 is 2.63 bits per heavy atom. The van der Waals surface area contributed by atoms with Crippen LogP contribution in [-0.2, 0) is 27.7 Å². The first-order valence-electron chi connectivity index (χ1n) is 9.04. The summed E-state index contributed by atoms with van der Waals surface area (Å²) in [7, 11) is -3.67. The van der Waals surface area contributed by atoms with E-state index in [1.807, 2.05) is 24.3 Å². The van der Waals surface area contributed by atoms with Crippen molar-refractivity contribution in [2.24, 2.45) is 0 Å². The maximum Gasteiger partial charge on any atom is 0.238 e. The molecule has 1 saturated heterocycles. The number of benzene rings is 2. The molecule has 2 heterocycles. The zero-order valence-corrected chi connectivity index (χ0v) is 15.7. The number of rotatable bonds is 4. The van der Waals surface area contributed by atoms with Crippen molar-refractivity contribution in [1.82, 2.24) is 9.21 Å². The average Bonchev–Trinajstić information content (AvgIpc) is 2.67. The molecule has 4 rings (SSSR count). The fourth-order valence-corrected chi connectivity index (χ4v) is 5.34. The van der Waals surface area contributed by atoms with Crippen molar-refractivity contribution in [1.29, 1.82) is 0 Å². The molecule has 0 N–H and O–H groups in total. The lowest BCUT2D eigenvalue weighted by atomic mass is 9.91. The lowest BCUT2D eigenvalue weighted by molar-refractivity contribution is -0.138. The van der Waals surface area contributed by atoms with Gasteiger partial charge in [0.1, 0.15) is 5.82 Å². The van der Waals surface area contributed by atoms with Gasteiger partial charge >= 0.3 is 0 Å². The highest BCUT2D eigenvalue weighted by Crippen LogP contribution is 2.33. The molecule has 7 heteroatoms. The Hall–Kier alpha value is -2.25. The molecule has 1 amide bonds. The maximum atomic E-state index is 13.8. The molecule has 1 fully saturated rings. The molecule has 1 atom stereocenters. The number of piperazine rings is 1. The largest absolute Gasteiger partial charge is 0.333 e. The molecule has 2 aliphatic rings. The Balaban J connectivity index is 1.54. The standard InChI is InChI=1S/C20H21FN2O3S/c21-18-8-4-2-6-16(18)10-12-27(25,26)22-13-19-17-7-3-1-5-15(17)9-11-23(19)20(24)14-22/h1-8,19H,9-14H2. The number of aryl methyl sites for hydroxylation is 1. The van der Waals surface area contributed by atoms with Crippen LogP contribution in [0.1, 0.15) is 22.7 Å². The molecular weight excluding hydrogens is 367 g/mol. The second-order valence-corrected chi connectivity index (χ2v) is 9.09. The monoisotopic (exact) mass is 388 g/mol. The molecule has 0 spiro atoms. The molecule has 0 aromatic heterocycles. The first-order valence-corrected chi connectivity index (χ1v) is 10.6. The third-order valence-electron chi connectivity index (χ3n) is 5.40. The van der Waals surface area contributed by atoms with Gasteiger partial charge in [-0.2, -0.15) is 4.31 Å². The summed E-state index contributed by atoms with van der Waals surface area (Å²) in [5, 5.41) is 0. The van der Waals surface area contributed by atoms with Crippen molar-refractivity contribution in [2.75, 3.05) is 25.4 Å². The van der Waals surface area contributed by atoms with E-state index in [0.717, 1.165) is 17.5 Å². The average molecular weight is 388 g/mol. The predicted octanol–water partition coefficient (Wildman–Crippen LogP) is 2.14. The molecule has 0 aliphatic carbocycles. The van der Waals surface area contributed by atoms with Crippen LogP contribution in [0.4, 0.5) is 4.39 Å². The molecule has 2 aromatic carbocycles. The van der Waals surface area contributed by atoms with Crippen molar-refractivity contribution in [2.45, 2.75) is 18.9 Å². The van der Waals surface area contributed by atoms with E-state index in [0.29, 0.717) is 12.1 Å². The van der Waals surface area contributed by atoms with E-state index in [4.69, 9.17) is 0 Å². The number of amides is 1. The van der Waals surface area contributed by atoms with E-state index in [9.17, 15) is 17.6 Å². The molecular formula is C20H21FN2O3S. The second-order valence-electron chi connectivity index (χ2n) is 7.00. The van der Waals surface area contributed by atoms with Crippen molar-refractivity contribution in [3.8, 4) is 0 Å². The predicted molar refractivity (Wildman–Crippen MR) is 100 cm³/mol. The normalized spacial score (nSPS) is 20.3. The minimum absolute atomic E-state index is 0.0880. The fourth-order valence-electron chi connectivity index (χ4n) is 3.93. The first kappa shape index (κ1) is 18.1. The lowest BCUT2D eigenvalue weighted by Gasteiger charge is -2.44. The van der Waals surface area contributed by atoms with E-state index in [1.54, 1.807) is 23.1 Å². The Kier molecular flexibility index (Phi) is 4.74. The topological polar surface area (TPSA) is 57.7 Å². The Bertz CT molecular complexity index is 977. The van der Waals surface area contributed by atoms with Crippen LogP contribution in [0.3, 0.4) is 0 Å². The highest BCUT2D eigenvalue weighted by molar-refractivity contribution is 7.89. The number of hydrogen-bond acceptors (Lipinski definition) is 3. The number of halogens is 1. The number of fused-ring (bicyclic) bond motifs is 3. The van der Waals surface area contributed by atoms with Gasteiger partial charge in [-0.05, 0) is 35.6 Å².